The second-order valence-corrected chi connectivity index (χ2v) is 6.30. The first-order valence-electron chi connectivity index (χ1n) is 7.96. The summed E-state index contributed by atoms with van der Waals surface area (Å²) in [6.07, 6.45) is 3.82. The van der Waals surface area contributed by atoms with Crippen molar-refractivity contribution in [1.82, 2.24) is 0 Å². The lowest BCUT2D eigenvalue weighted by atomic mass is 10.0. The minimum atomic E-state index is -0.894. The molecule has 1 aromatic carbocycles. The van der Waals surface area contributed by atoms with Crippen molar-refractivity contribution in [3.63, 3.8) is 0 Å². The summed E-state index contributed by atoms with van der Waals surface area (Å²) in [5.74, 6) is -1.59. The molecular weight excluding hydrogens is 280 g/mol. The van der Waals surface area contributed by atoms with Crippen molar-refractivity contribution < 1.29 is 14.7 Å². The molecule has 2 fully saturated rings. The Hall–Kier alpha value is -2.04. The highest BCUT2D eigenvalue weighted by molar-refractivity contribution is 5.99. The molecule has 3 rings (SSSR count). The summed E-state index contributed by atoms with van der Waals surface area (Å²) in [4.78, 5) is 27.0. The number of piperidine rings is 1. The molecule has 118 valence electrons. The maximum atomic E-state index is 12.0. The number of nitrogens with zero attached hydrogens (tertiary/aromatic N) is 2. The standard InChI is InChI=1S/C17H22N2O3/c1-12-4-2-3-9-18(12)14-5-7-15(8-6-14)19-11-13(17(21)22)10-16(19)20/h5-8,12-13H,2-4,9-11H2,1H3,(H,21,22)/t12-,13-/m0/s1. The van der Waals surface area contributed by atoms with Crippen LogP contribution in [0.15, 0.2) is 24.3 Å². The van der Waals surface area contributed by atoms with E-state index in [0.717, 1.165) is 12.2 Å². The summed E-state index contributed by atoms with van der Waals surface area (Å²) in [7, 11) is 0. The maximum absolute atomic E-state index is 12.0. The lowest BCUT2D eigenvalue weighted by Crippen LogP contribution is -2.37. The summed E-state index contributed by atoms with van der Waals surface area (Å²) < 4.78 is 0. The number of benzene rings is 1. The van der Waals surface area contributed by atoms with Crippen LogP contribution in [0.4, 0.5) is 11.4 Å². The predicted octanol–water partition coefficient (Wildman–Crippen LogP) is 2.50. The second-order valence-electron chi connectivity index (χ2n) is 6.30. The monoisotopic (exact) mass is 302 g/mol. The van der Waals surface area contributed by atoms with Gasteiger partial charge in [0.25, 0.3) is 0 Å². The van der Waals surface area contributed by atoms with E-state index in [1.54, 1.807) is 4.90 Å². The molecule has 2 aliphatic heterocycles. The molecule has 0 unspecified atom stereocenters. The Labute approximate surface area is 130 Å². The number of anilines is 2. The van der Waals surface area contributed by atoms with Crippen molar-refractivity contribution in [2.45, 2.75) is 38.6 Å². The highest BCUT2D eigenvalue weighted by atomic mass is 16.4. The molecule has 2 saturated heterocycles. The Kier molecular flexibility index (Phi) is 4.05. The minimum absolute atomic E-state index is 0.0975. The molecule has 2 aliphatic rings. The zero-order chi connectivity index (χ0) is 15.7. The van der Waals surface area contributed by atoms with Crippen molar-refractivity contribution in [2.75, 3.05) is 22.9 Å². The molecule has 1 amide bonds. The third-order valence-corrected chi connectivity index (χ3v) is 4.77. The summed E-state index contributed by atoms with van der Waals surface area (Å²) in [6.45, 7) is 3.59. The number of aliphatic carboxylic acids is 1. The highest BCUT2D eigenvalue weighted by Gasteiger charge is 2.35. The number of carboxylic acids is 1. The summed E-state index contributed by atoms with van der Waals surface area (Å²) in [5, 5.41) is 9.05. The molecule has 5 heteroatoms. The van der Waals surface area contributed by atoms with E-state index in [9.17, 15) is 9.59 Å². The lowest BCUT2D eigenvalue weighted by molar-refractivity contribution is -0.141. The van der Waals surface area contributed by atoms with Crippen LogP contribution in [-0.4, -0.2) is 36.1 Å². The number of amides is 1. The first-order chi connectivity index (χ1) is 10.6. The van der Waals surface area contributed by atoms with Crippen LogP contribution in [-0.2, 0) is 9.59 Å². The van der Waals surface area contributed by atoms with Crippen molar-refractivity contribution in [3.8, 4) is 0 Å². The van der Waals surface area contributed by atoms with Crippen molar-refractivity contribution in [2.24, 2.45) is 5.92 Å². The van der Waals surface area contributed by atoms with E-state index >= 15 is 0 Å². The van der Waals surface area contributed by atoms with Gasteiger partial charge in [0.05, 0.1) is 5.92 Å². The molecule has 22 heavy (non-hydrogen) atoms. The Morgan fingerprint density at radius 2 is 1.86 bits per heavy atom. The number of carboxylic acid groups (broad SMARTS) is 1. The Bertz CT molecular complexity index is 570. The molecule has 0 radical (unpaired) electrons. The number of carbonyl (C=O) groups excluding carboxylic acids is 1. The van der Waals surface area contributed by atoms with E-state index in [0.29, 0.717) is 6.04 Å². The van der Waals surface area contributed by atoms with Gasteiger partial charge in [-0.15, -0.1) is 0 Å². The van der Waals surface area contributed by atoms with E-state index in [2.05, 4.69) is 11.8 Å². The van der Waals surface area contributed by atoms with Crippen molar-refractivity contribution in [3.05, 3.63) is 24.3 Å². The van der Waals surface area contributed by atoms with Crippen LogP contribution in [0.25, 0.3) is 0 Å². The van der Waals surface area contributed by atoms with Crippen molar-refractivity contribution >= 4 is 23.3 Å². The topological polar surface area (TPSA) is 60.9 Å². The number of rotatable bonds is 3. The summed E-state index contributed by atoms with van der Waals surface area (Å²) >= 11 is 0. The fourth-order valence-corrected chi connectivity index (χ4v) is 3.43. The van der Waals surface area contributed by atoms with Gasteiger partial charge in [-0.05, 0) is 50.5 Å². The van der Waals surface area contributed by atoms with Crippen LogP contribution in [0.2, 0.25) is 0 Å². The molecule has 2 atom stereocenters. The largest absolute Gasteiger partial charge is 0.481 e. The molecule has 1 aromatic rings. The average molecular weight is 302 g/mol. The number of hydrogen-bond donors (Lipinski definition) is 1. The zero-order valence-electron chi connectivity index (χ0n) is 12.9. The van der Waals surface area contributed by atoms with Gasteiger partial charge in [0, 0.05) is 36.9 Å². The molecule has 0 bridgehead atoms. The molecule has 0 spiro atoms. The Balaban J connectivity index is 1.74. The predicted molar refractivity (Wildman–Crippen MR) is 85.2 cm³/mol. The normalized spacial score (nSPS) is 25.6. The molecule has 1 N–H and O–H groups in total. The zero-order valence-corrected chi connectivity index (χ0v) is 12.9. The van der Waals surface area contributed by atoms with Gasteiger partial charge < -0.3 is 14.9 Å². The van der Waals surface area contributed by atoms with Gasteiger partial charge in [0.15, 0.2) is 0 Å². The van der Waals surface area contributed by atoms with Gasteiger partial charge in [0.1, 0.15) is 0 Å². The van der Waals surface area contributed by atoms with Gasteiger partial charge in [-0.1, -0.05) is 0 Å². The molecule has 5 nitrogen and oxygen atoms in total. The van der Waals surface area contributed by atoms with E-state index in [4.69, 9.17) is 5.11 Å². The average Bonchev–Trinajstić information content (AvgIpc) is 2.90. The molecule has 0 aliphatic carbocycles. The second kappa shape index (κ2) is 5.99. The Morgan fingerprint density at radius 1 is 1.18 bits per heavy atom. The summed E-state index contributed by atoms with van der Waals surface area (Å²) in [6, 6.07) is 8.48. The van der Waals surface area contributed by atoms with E-state index < -0.39 is 11.9 Å². The first-order valence-corrected chi connectivity index (χ1v) is 7.96. The SMILES string of the molecule is C[C@H]1CCCCN1c1ccc(N2C[C@@H](C(=O)O)CC2=O)cc1. The van der Waals surface area contributed by atoms with Crippen LogP contribution in [0.3, 0.4) is 0 Å². The van der Waals surface area contributed by atoms with Gasteiger partial charge in [-0.2, -0.15) is 0 Å². The van der Waals surface area contributed by atoms with Crippen LogP contribution in [0, 0.1) is 5.92 Å². The Morgan fingerprint density at radius 3 is 2.45 bits per heavy atom. The molecular formula is C17H22N2O3. The van der Waals surface area contributed by atoms with Gasteiger partial charge >= 0.3 is 5.97 Å². The first kappa shape index (κ1) is 14.9. The number of carbonyl (C=O) groups is 2. The minimum Gasteiger partial charge on any atom is -0.481 e. The van der Waals surface area contributed by atoms with Gasteiger partial charge in [0.2, 0.25) is 5.91 Å². The fourth-order valence-electron chi connectivity index (χ4n) is 3.43. The third-order valence-electron chi connectivity index (χ3n) is 4.77. The van der Waals surface area contributed by atoms with Crippen molar-refractivity contribution in [1.29, 1.82) is 0 Å². The molecule has 0 saturated carbocycles. The molecule has 2 heterocycles. The van der Waals surface area contributed by atoms with Gasteiger partial charge in [-0.3, -0.25) is 9.59 Å². The van der Waals surface area contributed by atoms with E-state index in [-0.39, 0.29) is 18.9 Å². The quantitative estimate of drug-likeness (QED) is 0.932. The van der Waals surface area contributed by atoms with Crippen LogP contribution in [0.1, 0.15) is 32.6 Å². The smallest absolute Gasteiger partial charge is 0.308 e. The van der Waals surface area contributed by atoms with Crippen LogP contribution in [0.5, 0.6) is 0 Å². The van der Waals surface area contributed by atoms with E-state index in [1.807, 2.05) is 24.3 Å². The fraction of sp³-hybridized carbons (Fsp3) is 0.529. The summed E-state index contributed by atoms with van der Waals surface area (Å²) in [5.41, 5.74) is 1.97. The highest BCUT2D eigenvalue weighted by Crippen LogP contribution is 2.29. The maximum Gasteiger partial charge on any atom is 0.308 e. The van der Waals surface area contributed by atoms with E-state index in [1.165, 1.54) is 24.9 Å². The third kappa shape index (κ3) is 2.80. The number of hydrogen-bond acceptors (Lipinski definition) is 3. The van der Waals surface area contributed by atoms with Crippen LogP contribution < -0.4 is 9.80 Å². The lowest BCUT2D eigenvalue weighted by Gasteiger charge is -2.35. The van der Waals surface area contributed by atoms with Crippen LogP contribution >= 0.6 is 0 Å². The van der Waals surface area contributed by atoms with Gasteiger partial charge in [-0.25, -0.2) is 0 Å². The molecule has 0 aromatic heterocycles.